The Balaban J connectivity index is 2.35. The molecule has 0 bridgehead atoms. The molecule has 120 valence electrons. The topological polar surface area (TPSA) is 96.0 Å². The van der Waals surface area contributed by atoms with Crippen LogP contribution < -0.4 is 5.32 Å². The van der Waals surface area contributed by atoms with E-state index >= 15 is 0 Å². The van der Waals surface area contributed by atoms with Gasteiger partial charge in [0.1, 0.15) is 11.6 Å². The van der Waals surface area contributed by atoms with Crippen molar-refractivity contribution < 1.29 is 9.72 Å². The molecule has 0 saturated heterocycles. The van der Waals surface area contributed by atoms with Crippen LogP contribution in [0.1, 0.15) is 5.56 Å². The molecule has 6 nitrogen and oxygen atoms in total. The number of hydrogen-bond donors (Lipinski definition) is 1. The number of nitrogens with one attached hydrogen (secondary N) is 1. The Morgan fingerprint density at radius 3 is 2.58 bits per heavy atom. The average Bonchev–Trinajstić information content (AvgIpc) is 2.56. The van der Waals surface area contributed by atoms with Crippen LogP contribution in [0.3, 0.4) is 0 Å². The van der Waals surface area contributed by atoms with E-state index in [0.29, 0.717) is 0 Å². The first-order valence-electron chi connectivity index (χ1n) is 6.54. The second-order valence-corrected chi connectivity index (χ2v) is 5.33. The van der Waals surface area contributed by atoms with Gasteiger partial charge in [-0.05, 0) is 24.3 Å². The van der Waals surface area contributed by atoms with Crippen molar-refractivity contribution in [2.24, 2.45) is 0 Å². The van der Waals surface area contributed by atoms with E-state index in [0.717, 1.165) is 6.08 Å². The van der Waals surface area contributed by atoms with Crippen molar-refractivity contribution in [3.8, 4) is 6.07 Å². The second-order valence-electron chi connectivity index (χ2n) is 4.54. The van der Waals surface area contributed by atoms with E-state index in [-0.39, 0.29) is 32.6 Å². The third-order valence-corrected chi connectivity index (χ3v) is 3.82. The van der Waals surface area contributed by atoms with Crippen molar-refractivity contribution in [1.29, 1.82) is 5.26 Å². The number of benzene rings is 2. The molecule has 0 unspecified atom stereocenters. The lowest BCUT2D eigenvalue weighted by Crippen LogP contribution is -2.14. The van der Waals surface area contributed by atoms with Crippen molar-refractivity contribution in [3.63, 3.8) is 0 Å². The number of rotatable bonds is 4. The Hall–Kier alpha value is -2.88. The Bertz CT molecular complexity index is 888. The number of halogens is 2. The van der Waals surface area contributed by atoms with E-state index in [1.807, 2.05) is 0 Å². The lowest BCUT2D eigenvalue weighted by molar-refractivity contribution is -0.385. The quantitative estimate of drug-likeness (QED) is 0.376. The number of anilines is 1. The summed E-state index contributed by atoms with van der Waals surface area (Å²) >= 11 is 11.8. The number of nitrogens with zero attached hydrogens (tertiary/aromatic N) is 2. The summed E-state index contributed by atoms with van der Waals surface area (Å²) in [5, 5.41) is 23.0. The van der Waals surface area contributed by atoms with Crippen LogP contribution in [0.15, 0.2) is 48.0 Å². The third kappa shape index (κ3) is 3.90. The number of nitriles is 1. The molecule has 0 aliphatic carbocycles. The molecule has 0 aliphatic rings. The number of para-hydroxylation sites is 1. The number of nitro benzene ring substituents is 1. The summed E-state index contributed by atoms with van der Waals surface area (Å²) < 4.78 is 0. The van der Waals surface area contributed by atoms with Gasteiger partial charge < -0.3 is 5.32 Å². The molecule has 0 radical (unpaired) electrons. The standard InChI is InChI=1S/C16H9Cl2N3O3/c17-12-5-3-6-13(15(12)18)20-16(22)11(9-19)8-10-4-1-2-7-14(10)21(23)24/h1-8H,(H,20,22)/b11-8+. The molecule has 0 heterocycles. The number of carbonyl (C=O) groups is 1. The van der Waals surface area contributed by atoms with Crippen molar-refractivity contribution in [3.05, 3.63) is 73.8 Å². The SMILES string of the molecule is N#C/C(=C\c1ccccc1[N+](=O)[O-])C(=O)Nc1cccc(Cl)c1Cl. The molecule has 0 aromatic heterocycles. The van der Waals surface area contributed by atoms with Gasteiger partial charge in [0.15, 0.2) is 0 Å². The van der Waals surface area contributed by atoms with Gasteiger partial charge in [0.2, 0.25) is 0 Å². The highest BCUT2D eigenvalue weighted by Crippen LogP contribution is 2.30. The third-order valence-electron chi connectivity index (χ3n) is 3.00. The number of carbonyl (C=O) groups excluding carboxylic acids is 1. The highest BCUT2D eigenvalue weighted by Gasteiger charge is 2.16. The smallest absolute Gasteiger partial charge is 0.276 e. The fraction of sp³-hybridized carbons (Fsp3) is 0. The minimum Gasteiger partial charge on any atom is -0.320 e. The van der Waals surface area contributed by atoms with Gasteiger partial charge in [0.25, 0.3) is 11.6 Å². The van der Waals surface area contributed by atoms with Crippen LogP contribution in [-0.2, 0) is 4.79 Å². The Morgan fingerprint density at radius 2 is 1.92 bits per heavy atom. The van der Waals surface area contributed by atoms with Gasteiger partial charge in [-0.25, -0.2) is 0 Å². The Kier molecular flexibility index (Phi) is 5.53. The molecule has 1 amide bonds. The summed E-state index contributed by atoms with van der Waals surface area (Å²) in [6.07, 6.45) is 1.14. The van der Waals surface area contributed by atoms with Crippen LogP contribution in [0.2, 0.25) is 10.0 Å². The van der Waals surface area contributed by atoms with E-state index in [4.69, 9.17) is 23.2 Å². The monoisotopic (exact) mass is 361 g/mol. The average molecular weight is 362 g/mol. The predicted molar refractivity (Wildman–Crippen MR) is 91.8 cm³/mol. The zero-order valence-corrected chi connectivity index (χ0v) is 13.5. The molecule has 24 heavy (non-hydrogen) atoms. The molecule has 0 fully saturated rings. The molecular formula is C16H9Cl2N3O3. The number of nitro groups is 1. The molecular weight excluding hydrogens is 353 g/mol. The molecule has 0 aliphatic heterocycles. The fourth-order valence-corrected chi connectivity index (χ4v) is 2.22. The molecule has 0 saturated carbocycles. The first kappa shape index (κ1) is 17.5. The lowest BCUT2D eigenvalue weighted by Gasteiger charge is -2.07. The number of hydrogen-bond acceptors (Lipinski definition) is 4. The van der Waals surface area contributed by atoms with Crippen LogP contribution >= 0.6 is 23.2 Å². The van der Waals surface area contributed by atoms with Crippen molar-refractivity contribution in [2.75, 3.05) is 5.32 Å². The summed E-state index contributed by atoms with van der Waals surface area (Å²) in [6, 6.07) is 12.2. The summed E-state index contributed by atoms with van der Waals surface area (Å²) in [7, 11) is 0. The fourth-order valence-electron chi connectivity index (χ4n) is 1.87. The summed E-state index contributed by atoms with van der Waals surface area (Å²) in [5.74, 6) is -0.750. The molecule has 2 aromatic carbocycles. The van der Waals surface area contributed by atoms with Gasteiger partial charge in [-0.1, -0.05) is 41.4 Å². The van der Waals surface area contributed by atoms with Crippen molar-refractivity contribution >= 4 is 46.6 Å². The predicted octanol–water partition coefficient (Wildman–Crippen LogP) is 4.45. The Morgan fingerprint density at radius 1 is 1.21 bits per heavy atom. The second kappa shape index (κ2) is 7.59. The van der Waals surface area contributed by atoms with Crippen LogP contribution in [0.25, 0.3) is 6.08 Å². The van der Waals surface area contributed by atoms with Crippen molar-refractivity contribution in [1.82, 2.24) is 0 Å². The van der Waals surface area contributed by atoms with Crippen LogP contribution in [0, 0.1) is 21.4 Å². The van der Waals surface area contributed by atoms with Gasteiger partial charge in [-0.15, -0.1) is 0 Å². The highest BCUT2D eigenvalue weighted by molar-refractivity contribution is 6.44. The summed E-state index contributed by atoms with van der Waals surface area (Å²) in [5.41, 5.74) is -0.136. The van der Waals surface area contributed by atoms with Crippen molar-refractivity contribution in [2.45, 2.75) is 0 Å². The van der Waals surface area contributed by atoms with Crippen LogP contribution in [0.4, 0.5) is 11.4 Å². The first-order chi connectivity index (χ1) is 11.4. The van der Waals surface area contributed by atoms with Gasteiger partial charge in [-0.3, -0.25) is 14.9 Å². The molecule has 8 heteroatoms. The zero-order chi connectivity index (χ0) is 17.7. The maximum atomic E-state index is 12.2. The summed E-state index contributed by atoms with van der Waals surface area (Å²) in [6.45, 7) is 0. The van der Waals surface area contributed by atoms with Gasteiger partial charge in [0.05, 0.1) is 26.2 Å². The molecule has 0 atom stereocenters. The maximum Gasteiger partial charge on any atom is 0.276 e. The molecule has 2 rings (SSSR count). The van der Waals surface area contributed by atoms with Gasteiger partial charge >= 0.3 is 0 Å². The van der Waals surface area contributed by atoms with Gasteiger partial charge in [-0.2, -0.15) is 5.26 Å². The zero-order valence-electron chi connectivity index (χ0n) is 12.0. The maximum absolute atomic E-state index is 12.2. The number of amides is 1. The lowest BCUT2D eigenvalue weighted by atomic mass is 10.1. The minimum atomic E-state index is -0.750. The van der Waals surface area contributed by atoms with Crippen LogP contribution in [-0.4, -0.2) is 10.8 Å². The normalized spacial score (nSPS) is 10.8. The highest BCUT2D eigenvalue weighted by atomic mass is 35.5. The van der Waals surface area contributed by atoms with E-state index in [2.05, 4.69) is 5.32 Å². The Labute approximate surface area is 147 Å². The van der Waals surface area contributed by atoms with Gasteiger partial charge in [0, 0.05) is 6.07 Å². The molecule has 2 aromatic rings. The van der Waals surface area contributed by atoms with E-state index in [1.165, 1.54) is 24.3 Å². The first-order valence-corrected chi connectivity index (χ1v) is 7.30. The molecule has 1 N–H and O–H groups in total. The van der Waals surface area contributed by atoms with E-state index < -0.39 is 10.8 Å². The van der Waals surface area contributed by atoms with Crippen LogP contribution in [0.5, 0.6) is 0 Å². The molecule has 0 spiro atoms. The largest absolute Gasteiger partial charge is 0.320 e. The minimum absolute atomic E-state index is 0.135. The van der Waals surface area contributed by atoms with E-state index in [1.54, 1.807) is 24.3 Å². The summed E-state index contributed by atoms with van der Waals surface area (Å²) in [4.78, 5) is 22.6. The van der Waals surface area contributed by atoms with E-state index in [9.17, 15) is 20.2 Å².